The zero-order valence-corrected chi connectivity index (χ0v) is 18.4. The zero-order chi connectivity index (χ0) is 24.2. The molecule has 1 aromatic carbocycles. The van der Waals surface area contributed by atoms with E-state index in [2.05, 4.69) is 10.2 Å². The number of H-pyrrole nitrogens is 1. The molecule has 34 heavy (non-hydrogen) atoms. The summed E-state index contributed by atoms with van der Waals surface area (Å²) < 4.78 is 55.5. The summed E-state index contributed by atoms with van der Waals surface area (Å²) >= 11 is 0. The van der Waals surface area contributed by atoms with Crippen LogP contribution in [0.25, 0.3) is 22.0 Å². The molecule has 3 aromatic rings. The van der Waals surface area contributed by atoms with Crippen molar-refractivity contribution in [2.24, 2.45) is 5.92 Å². The van der Waals surface area contributed by atoms with Crippen LogP contribution in [0.15, 0.2) is 29.3 Å². The summed E-state index contributed by atoms with van der Waals surface area (Å²) in [5, 5.41) is 9.19. The Morgan fingerprint density at radius 3 is 2.68 bits per heavy atom. The van der Waals surface area contributed by atoms with E-state index in [-0.39, 0.29) is 30.6 Å². The van der Waals surface area contributed by atoms with Crippen LogP contribution in [0.2, 0.25) is 0 Å². The lowest BCUT2D eigenvalue weighted by atomic mass is 9.96. The lowest BCUT2D eigenvalue weighted by Crippen LogP contribution is -2.39. The molecule has 1 unspecified atom stereocenters. The third kappa shape index (κ3) is 3.82. The van der Waals surface area contributed by atoms with Crippen molar-refractivity contribution in [3.8, 4) is 11.1 Å². The molecule has 7 nitrogen and oxygen atoms in total. The number of hydrogen-bond donors (Lipinski definition) is 2. The predicted octanol–water partition coefficient (Wildman–Crippen LogP) is 3.68. The first kappa shape index (κ1) is 22.4. The van der Waals surface area contributed by atoms with Crippen molar-refractivity contribution in [3.05, 3.63) is 46.3 Å². The fourth-order valence-electron chi connectivity index (χ4n) is 4.93. The Labute approximate surface area is 191 Å². The lowest BCUT2D eigenvalue weighted by Gasteiger charge is -2.26. The minimum Gasteiger partial charge on any atom is -0.369 e. The monoisotopic (exact) mass is 477 g/mol. The molecule has 2 N–H and O–H groups in total. The highest BCUT2D eigenvalue weighted by atomic mass is 19.4. The second-order valence-electron chi connectivity index (χ2n) is 8.99. The summed E-state index contributed by atoms with van der Waals surface area (Å²) in [5.41, 5.74) is 2.32. The molecule has 0 bridgehead atoms. The van der Waals surface area contributed by atoms with Gasteiger partial charge in [0.15, 0.2) is 5.82 Å². The first-order chi connectivity index (χ1) is 16.2. The van der Waals surface area contributed by atoms with E-state index in [1.54, 1.807) is 28.7 Å². The first-order valence-electron chi connectivity index (χ1n) is 11.1. The van der Waals surface area contributed by atoms with Crippen LogP contribution in [0.1, 0.15) is 30.9 Å². The number of nitrogens with zero attached hydrogens (tertiary/aromatic N) is 3. The predicted molar refractivity (Wildman–Crippen MR) is 118 cm³/mol. The van der Waals surface area contributed by atoms with Crippen molar-refractivity contribution in [1.82, 2.24) is 20.1 Å². The molecule has 5 rings (SSSR count). The number of amides is 1. The molecule has 2 aromatic heterocycles. The van der Waals surface area contributed by atoms with E-state index >= 15 is 4.39 Å². The van der Waals surface area contributed by atoms with E-state index in [0.717, 1.165) is 12.8 Å². The van der Waals surface area contributed by atoms with Crippen LogP contribution in [0, 0.1) is 18.7 Å². The van der Waals surface area contributed by atoms with Gasteiger partial charge in [-0.05, 0) is 43.7 Å². The second-order valence-corrected chi connectivity index (χ2v) is 8.99. The van der Waals surface area contributed by atoms with Crippen molar-refractivity contribution in [1.29, 1.82) is 0 Å². The number of fused-ring (bicyclic) bond motifs is 1. The number of nitrogens with one attached hydrogen (secondary N) is 2. The van der Waals surface area contributed by atoms with Gasteiger partial charge in [-0.25, -0.2) is 4.39 Å². The maximum Gasteiger partial charge on any atom is 0.471 e. The number of carbonyl (C=O) groups excluding carboxylic acids is 1. The normalized spacial score (nSPS) is 18.6. The van der Waals surface area contributed by atoms with Gasteiger partial charge in [-0.3, -0.25) is 14.7 Å². The Hall–Kier alpha value is -3.37. The van der Waals surface area contributed by atoms with Gasteiger partial charge in [-0.15, -0.1) is 0 Å². The maximum absolute atomic E-state index is 16.1. The minimum absolute atomic E-state index is 0.0642. The van der Waals surface area contributed by atoms with Crippen molar-refractivity contribution < 1.29 is 22.4 Å². The molecule has 2 aliphatic rings. The number of aromatic amines is 1. The van der Waals surface area contributed by atoms with Crippen LogP contribution in [0.3, 0.4) is 0 Å². The van der Waals surface area contributed by atoms with Crippen LogP contribution in [0.4, 0.5) is 23.2 Å². The quantitative estimate of drug-likeness (QED) is 0.550. The Bertz CT molecular complexity index is 1310. The number of carbonyl (C=O) groups is 1. The Kier molecular flexibility index (Phi) is 5.37. The van der Waals surface area contributed by atoms with Gasteiger partial charge in [0.25, 0.3) is 5.56 Å². The number of aromatic nitrogens is 3. The fourth-order valence-corrected chi connectivity index (χ4v) is 4.93. The number of alkyl halides is 3. The second kappa shape index (κ2) is 8.14. The number of benzene rings is 1. The summed E-state index contributed by atoms with van der Waals surface area (Å²) in [4.78, 5) is 25.8. The number of hydrogen-bond acceptors (Lipinski definition) is 4. The molecule has 1 atom stereocenters. The number of rotatable bonds is 5. The van der Waals surface area contributed by atoms with Crippen molar-refractivity contribution in [2.75, 3.05) is 24.5 Å². The minimum atomic E-state index is -4.94. The highest BCUT2D eigenvalue weighted by Gasteiger charge is 2.39. The largest absolute Gasteiger partial charge is 0.471 e. The third-order valence-electron chi connectivity index (χ3n) is 6.64. The summed E-state index contributed by atoms with van der Waals surface area (Å²) in [6.45, 7) is 2.33. The highest BCUT2D eigenvalue weighted by molar-refractivity contribution is 6.00. The topological polar surface area (TPSA) is 83.0 Å². The molecule has 2 fully saturated rings. The van der Waals surface area contributed by atoms with Crippen LogP contribution in [-0.4, -0.2) is 46.5 Å². The number of anilines is 1. The van der Waals surface area contributed by atoms with E-state index < -0.39 is 17.9 Å². The van der Waals surface area contributed by atoms with E-state index in [4.69, 9.17) is 0 Å². The number of aryl methyl sites for hydroxylation is 1. The van der Waals surface area contributed by atoms with Gasteiger partial charge in [0.1, 0.15) is 0 Å². The van der Waals surface area contributed by atoms with Crippen LogP contribution >= 0.6 is 0 Å². The molecule has 3 heterocycles. The molecule has 1 aliphatic heterocycles. The fraction of sp³-hybridized carbons (Fsp3) is 0.435. The smallest absolute Gasteiger partial charge is 0.369 e. The van der Waals surface area contributed by atoms with Gasteiger partial charge < -0.3 is 14.8 Å². The molecular weight excluding hydrogens is 454 g/mol. The van der Waals surface area contributed by atoms with Gasteiger partial charge in [-0.2, -0.15) is 18.3 Å². The summed E-state index contributed by atoms with van der Waals surface area (Å²) in [6, 6.07) is 3.16. The molecule has 1 saturated heterocycles. The van der Waals surface area contributed by atoms with Crippen molar-refractivity contribution in [2.45, 2.75) is 38.4 Å². The molecule has 1 saturated carbocycles. The van der Waals surface area contributed by atoms with Crippen LogP contribution in [-0.2, 0) is 4.79 Å². The molecule has 0 spiro atoms. The van der Waals surface area contributed by atoms with Crippen molar-refractivity contribution in [3.63, 3.8) is 0 Å². The standard InChI is InChI=1S/C23H23F4N5O2/c1-12-20-16(4-5-17(33)32(20)15-2-3-15)18(14-9-29-30-10-14)19(24)21(12)31-7-6-13(11-31)8-28-22(34)23(25,26)27/h4-5,9-10,13,15H,2-3,6-8,11H2,1H3,(H,28,34)(H,29,30). The first-order valence-corrected chi connectivity index (χ1v) is 11.1. The van der Waals surface area contributed by atoms with Gasteiger partial charge in [-0.1, -0.05) is 0 Å². The summed E-state index contributed by atoms with van der Waals surface area (Å²) in [7, 11) is 0. The SMILES string of the molecule is Cc1c(N2CCC(CNC(=O)C(F)(F)F)C2)c(F)c(-c2cn[nH]c2)c2ccc(=O)n(C3CC3)c12. The lowest BCUT2D eigenvalue weighted by molar-refractivity contribution is -0.173. The summed E-state index contributed by atoms with van der Waals surface area (Å²) in [6.07, 6.45) is 0.408. The average Bonchev–Trinajstić information content (AvgIpc) is 3.26. The Morgan fingerprint density at radius 2 is 2.03 bits per heavy atom. The van der Waals surface area contributed by atoms with Crippen LogP contribution < -0.4 is 15.8 Å². The Balaban J connectivity index is 1.57. The Morgan fingerprint density at radius 1 is 1.26 bits per heavy atom. The van der Waals surface area contributed by atoms with E-state index in [0.29, 0.717) is 46.2 Å². The van der Waals surface area contributed by atoms with E-state index in [1.807, 2.05) is 5.32 Å². The van der Waals surface area contributed by atoms with Gasteiger partial charge in [0.2, 0.25) is 0 Å². The zero-order valence-electron chi connectivity index (χ0n) is 18.4. The number of halogens is 4. The molecule has 180 valence electrons. The van der Waals surface area contributed by atoms with Gasteiger partial charge in [0.05, 0.1) is 17.4 Å². The van der Waals surface area contributed by atoms with Gasteiger partial charge >= 0.3 is 12.1 Å². The number of pyridine rings is 1. The third-order valence-corrected chi connectivity index (χ3v) is 6.64. The molecular formula is C23H23F4N5O2. The van der Waals surface area contributed by atoms with Crippen LogP contribution in [0.5, 0.6) is 0 Å². The van der Waals surface area contributed by atoms with Gasteiger partial charge in [0, 0.05) is 54.5 Å². The molecule has 1 aliphatic carbocycles. The summed E-state index contributed by atoms with van der Waals surface area (Å²) in [5.74, 6) is -2.71. The molecule has 0 radical (unpaired) electrons. The highest BCUT2D eigenvalue weighted by Crippen LogP contribution is 2.44. The van der Waals surface area contributed by atoms with E-state index in [1.165, 1.54) is 12.3 Å². The maximum atomic E-state index is 16.1. The van der Waals surface area contributed by atoms with E-state index in [9.17, 15) is 22.8 Å². The average molecular weight is 477 g/mol. The van der Waals surface area contributed by atoms with Crippen molar-refractivity contribution >= 4 is 22.5 Å². The molecule has 1 amide bonds. The molecule has 11 heteroatoms.